The van der Waals surface area contributed by atoms with Crippen LogP contribution in [0.3, 0.4) is 0 Å². The molecule has 0 aliphatic rings. The van der Waals surface area contributed by atoms with Gasteiger partial charge < -0.3 is 22.1 Å². The number of nitrogens with two attached hydrogens (primary N) is 2. The molecule has 0 aliphatic heterocycles. The Labute approximate surface area is 127 Å². The lowest BCUT2D eigenvalue weighted by molar-refractivity contribution is 0.102. The Balaban J connectivity index is 2.24. The van der Waals surface area contributed by atoms with Gasteiger partial charge in [0, 0.05) is 11.3 Å². The molecule has 0 spiro atoms. The summed E-state index contributed by atoms with van der Waals surface area (Å²) < 4.78 is 0. The Hall–Kier alpha value is -3.35. The van der Waals surface area contributed by atoms with Crippen LogP contribution in [0.15, 0.2) is 48.5 Å². The molecular formula is C15H16N6O. The number of rotatable bonds is 4. The predicted octanol–water partition coefficient (Wildman–Crippen LogP) is 1.53. The smallest absolute Gasteiger partial charge is 0.257 e. The van der Waals surface area contributed by atoms with Crippen LogP contribution in [0.5, 0.6) is 0 Å². The first kappa shape index (κ1) is 15.0. The third kappa shape index (κ3) is 3.60. The largest absolute Gasteiger partial charge is 0.384 e. The Morgan fingerprint density at radius 3 is 2.36 bits per heavy atom. The first-order valence-corrected chi connectivity index (χ1v) is 6.43. The van der Waals surface area contributed by atoms with Gasteiger partial charge in [-0.25, -0.2) is 0 Å². The van der Waals surface area contributed by atoms with E-state index < -0.39 is 0 Å². The summed E-state index contributed by atoms with van der Waals surface area (Å²) in [4.78, 5) is 12.4. The van der Waals surface area contributed by atoms with Crippen molar-refractivity contribution in [1.29, 1.82) is 10.8 Å². The minimum atomic E-state index is -0.356. The Kier molecular flexibility index (Phi) is 4.38. The highest BCUT2D eigenvalue weighted by atomic mass is 16.1. The summed E-state index contributed by atoms with van der Waals surface area (Å²) in [5.41, 5.74) is 12.6. The number of amidine groups is 1. The molecule has 0 unspecified atom stereocenters. The van der Waals surface area contributed by atoms with Crippen LogP contribution in [0.1, 0.15) is 15.9 Å². The zero-order valence-corrected chi connectivity index (χ0v) is 11.7. The lowest BCUT2D eigenvalue weighted by Gasteiger charge is -2.11. The van der Waals surface area contributed by atoms with E-state index in [2.05, 4.69) is 10.6 Å². The maximum absolute atomic E-state index is 12.4. The number of carbonyl (C=O) groups excluding carboxylic acids is 1. The van der Waals surface area contributed by atoms with Crippen molar-refractivity contribution in [3.63, 3.8) is 0 Å². The van der Waals surface area contributed by atoms with Crippen molar-refractivity contribution in [2.75, 3.05) is 10.6 Å². The van der Waals surface area contributed by atoms with Gasteiger partial charge >= 0.3 is 0 Å². The minimum absolute atomic E-state index is 0.0743. The van der Waals surface area contributed by atoms with Gasteiger partial charge in [0.2, 0.25) is 0 Å². The van der Waals surface area contributed by atoms with Gasteiger partial charge in [-0.05, 0) is 24.3 Å². The van der Waals surface area contributed by atoms with E-state index in [1.807, 2.05) is 0 Å². The van der Waals surface area contributed by atoms with E-state index >= 15 is 0 Å². The normalized spacial score (nSPS) is 9.82. The van der Waals surface area contributed by atoms with Crippen molar-refractivity contribution in [2.45, 2.75) is 0 Å². The number of benzene rings is 2. The summed E-state index contributed by atoms with van der Waals surface area (Å²) in [6.45, 7) is 0. The van der Waals surface area contributed by atoms with Gasteiger partial charge in [-0.2, -0.15) is 0 Å². The van der Waals surface area contributed by atoms with E-state index in [1.54, 1.807) is 48.5 Å². The maximum Gasteiger partial charge on any atom is 0.257 e. The Morgan fingerprint density at radius 2 is 1.68 bits per heavy atom. The molecule has 1 amide bonds. The van der Waals surface area contributed by atoms with Crippen LogP contribution in [0.2, 0.25) is 0 Å². The average Bonchev–Trinajstić information content (AvgIpc) is 2.47. The summed E-state index contributed by atoms with van der Waals surface area (Å²) in [7, 11) is 0. The highest BCUT2D eigenvalue weighted by molar-refractivity contribution is 6.10. The van der Waals surface area contributed by atoms with Gasteiger partial charge in [-0.1, -0.05) is 24.3 Å². The van der Waals surface area contributed by atoms with Crippen molar-refractivity contribution in [2.24, 2.45) is 11.5 Å². The van der Waals surface area contributed by atoms with Gasteiger partial charge in [0.15, 0.2) is 5.96 Å². The summed E-state index contributed by atoms with van der Waals surface area (Å²) in [5.74, 6) is -0.682. The molecule has 8 N–H and O–H groups in total. The van der Waals surface area contributed by atoms with E-state index in [4.69, 9.17) is 22.3 Å². The molecule has 7 nitrogen and oxygen atoms in total. The lowest BCUT2D eigenvalue weighted by atomic mass is 10.1. The van der Waals surface area contributed by atoms with Crippen LogP contribution in [-0.4, -0.2) is 17.7 Å². The number of nitrogens with one attached hydrogen (secondary N) is 4. The summed E-state index contributed by atoms with van der Waals surface area (Å²) in [6, 6.07) is 13.4. The van der Waals surface area contributed by atoms with Crippen molar-refractivity contribution in [1.82, 2.24) is 0 Å². The van der Waals surface area contributed by atoms with Crippen molar-refractivity contribution in [3.8, 4) is 0 Å². The molecule has 0 aliphatic carbocycles. The number of carbonyl (C=O) groups is 1. The molecule has 0 aromatic heterocycles. The van der Waals surface area contributed by atoms with Crippen LogP contribution in [0, 0.1) is 10.8 Å². The second-order valence-corrected chi connectivity index (χ2v) is 4.53. The number of hydrogen-bond acceptors (Lipinski definition) is 3. The van der Waals surface area contributed by atoms with Crippen LogP contribution in [0.25, 0.3) is 0 Å². The minimum Gasteiger partial charge on any atom is -0.384 e. The van der Waals surface area contributed by atoms with E-state index in [-0.39, 0.29) is 17.7 Å². The van der Waals surface area contributed by atoms with Crippen LogP contribution in [0.4, 0.5) is 11.4 Å². The molecule has 2 aromatic rings. The maximum atomic E-state index is 12.4. The molecule has 22 heavy (non-hydrogen) atoms. The molecule has 0 fully saturated rings. The SMILES string of the molecule is N=C(N)Nc1ccccc1C(=O)Nc1cccc(C(=N)N)c1. The van der Waals surface area contributed by atoms with E-state index in [9.17, 15) is 4.79 Å². The number of nitrogen functional groups attached to an aromatic ring is 1. The highest BCUT2D eigenvalue weighted by Gasteiger charge is 2.12. The fraction of sp³-hybridized carbons (Fsp3) is 0. The molecule has 0 saturated heterocycles. The molecule has 0 radical (unpaired) electrons. The summed E-state index contributed by atoms with van der Waals surface area (Å²) in [6.07, 6.45) is 0. The molecule has 2 aromatic carbocycles. The van der Waals surface area contributed by atoms with Crippen LogP contribution >= 0.6 is 0 Å². The summed E-state index contributed by atoms with van der Waals surface area (Å²) >= 11 is 0. The molecular weight excluding hydrogens is 280 g/mol. The number of para-hydroxylation sites is 1. The zero-order valence-electron chi connectivity index (χ0n) is 11.7. The Morgan fingerprint density at radius 1 is 0.955 bits per heavy atom. The average molecular weight is 296 g/mol. The van der Waals surface area contributed by atoms with Gasteiger partial charge in [0.05, 0.1) is 11.3 Å². The first-order valence-electron chi connectivity index (χ1n) is 6.43. The third-order valence-electron chi connectivity index (χ3n) is 2.87. The number of hydrogen-bond donors (Lipinski definition) is 6. The van der Waals surface area contributed by atoms with Crippen LogP contribution in [-0.2, 0) is 0 Å². The molecule has 0 atom stereocenters. The van der Waals surface area contributed by atoms with Crippen molar-refractivity contribution in [3.05, 3.63) is 59.7 Å². The monoisotopic (exact) mass is 296 g/mol. The van der Waals surface area contributed by atoms with Gasteiger partial charge in [-0.15, -0.1) is 0 Å². The third-order valence-corrected chi connectivity index (χ3v) is 2.87. The molecule has 0 saturated carbocycles. The standard InChI is InChI=1S/C15H16N6O/c16-13(17)9-4-3-5-10(8-9)20-14(22)11-6-1-2-7-12(11)21-15(18)19/h1-8H,(H3,16,17)(H,20,22)(H4,18,19,21). The number of anilines is 2. The fourth-order valence-electron chi connectivity index (χ4n) is 1.90. The molecule has 2 rings (SSSR count). The molecule has 0 bridgehead atoms. The lowest BCUT2D eigenvalue weighted by Crippen LogP contribution is -2.23. The fourth-order valence-corrected chi connectivity index (χ4v) is 1.90. The van der Waals surface area contributed by atoms with Crippen molar-refractivity contribution >= 4 is 29.1 Å². The second kappa shape index (κ2) is 6.40. The summed E-state index contributed by atoms with van der Waals surface area (Å²) in [5, 5.41) is 20.0. The van der Waals surface area contributed by atoms with E-state index in [1.165, 1.54) is 0 Å². The van der Waals surface area contributed by atoms with Gasteiger partial charge in [0.1, 0.15) is 5.84 Å². The first-order chi connectivity index (χ1) is 10.5. The van der Waals surface area contributed by atoms with E-state index in [0.717, 1.165) is 0 Å². The molecule has 0 heterocycles. The second-order valence-electron chi connectivity index (χ2n) is 4.53. The van der Waals surface area contributed by atoms with E-state index in [0.29, 0.717) is 22.5 Å². The quantitative estimate of drug-likeness (QED) is 0.376. The van der Waals surface area contributed by atoms with Gasteiger partial charge in [-0.3, -0.25) is 15.6 Å². The molecule has 7 heteroatoms. The highest BCUT2D eigenvalue weighted by Crippen LogP contribution is 2.17. The van der Waals surface area contributed by atoms with Crippen LogP contribution < -0.4 is 22.1 Å². The Bertz CT molecular complexity index is 740. The van der Waals surface area contributed by atoms with Crippen molar-refractivity contribution < 1.29 is 4.79 Å². The predicted molar refractivity (Wildman–Crippen MR) is 87.4 cm³/mol. The topological polar surface area (TPSA) is 141 Å². The number of amides is 1. The molecule has 112 valence electrons. The van der Waals surface area contributed by atoms with Gasteiger partial charge in [0.25, 0.3) is 5.91 Å². The number of guanidine groups is 1. The zero-order chi connectivity index (χ0) is 16.1.